The van der Waals surface area contributed by atoms with E-state index in [0.29, 0.717) is 17.9 Å². The highest BCUT2D eigenvalue weighted by molar-refractivity contribution is 6.35. The van der Waals surface area contributed by atoms with Crippen molar-refractivity contribution < 1.29 is 14.3 Å². The van der Waals surface area contributed by atoms with E-state index in [1.165, 1.54) is 4.90 Å². The van der Waals surface area contributed by atoms with Gasteiger partial charge in [0.1, 0.15) is 11.4 Å². The van der Waals surface area contributed by atoms with Gasteiger partial charge < -0.3 is 14.5 Å². The number of carbonyl (C=O) groups excluding carboxylic acids is 2. The van der Waals surface area contributed by atoms with Crippen molar-refractivity contribution >= 4 is 17.4 Å². The number of likely N-dealkylation sites (N-methyl/N-ethyl adjacent to an activating group) is 1. The largest absolute Gasteiger partial charge is 0.494 e. The summed E-state index contributed by atoms with van der Waals surface area (Å²) in [5.41, 5.74) is 3.89. The number of carbonyl (C=O) groups is 2. The monoisotopic (exact) mass is 447 g/mol. The fourth-order valence-electron chi connectivity index (χ4n) is 4.36. The third kappa shape index (κ3) is 4.96. The van der Waals surface area contributed by atoms with Crippen LogP contribution in [0.2, 0.25) is 0 Å². The Morgan fingerprint density at radius 1 is 0.848 bits per heavy atom. The first-order valence-corrected chi connectivity index (χ1v) is 11.9. The van der Waals surface area contributed by atoms with Crippen molar-refractivity contribution in [1.82, 2.24) is 14.7 Å². The van der Waals surface area contributed by atoms with Gasteiger partial charge in [0, 0.05) is 26.2 Å². The van der Waals surface area contributed by atoms with Crippen molar-refractivity contribution in [2.24, 2.45) is 0 Å². The molecular formula is C27H33N3O3. The number of benzene rings is 2. The van der Waals surface area contributed by atoms with E-state index in [1.807, 2.05) is 55.5 Å². The van der Waals surface area contributed by atoms with Gasteiger partial charge in [0.05, 0.1) is 18.7 Å². The lowest BCUT2D eigenvalue weighted by Crippen LogP contribution is -2.47. The van der Waals surface area contributed by atoms with E-state index in [-0.39, 0.29) is 18.4 Å². The summed E-state index contributed by atoms with van der Waals surface area (Å²) in [5.74, 6) is 0.343. The van der Waals surface area contributed by atoms with Crippen LogP contribution in [0.15, 0.2) is 54.2 Å². The summed E-state index contributed by atoms with van der Waals surface area (Å²) in [6, 6.07) is 15.5. The van der Waals surface area contributed by atoms with Gasteiger partial charge in [-0.25, -0.2) is 0 Å². The number of piperazine rings is 1. The van der Waals surface area contributed by atoms with Crippen molar-refractivity contribution in [3.63, 3.8) is 0 Å². The van der Waals surface area contributed by atoms with Crippen LogP contribution in [0.3, 0.4) is 0 Å². The van der Waals surface area contributed by atoms with Gasteiger partial charge in [-0.2, -0.15) is 0 Å². The van der Waals surface area contributed by atoms with E-state index in [2.05, 4.69) is 23.6 Å². The molecule has 0 N–H and O–H groups in total. The van der Waals surface area contributed by atoms with Crippen LogP contribution in [-0.2, 0) is 16.1 Å². The summed E-state index contributed by atoms with van der Waals surface area (Å²) in [5, 5.41) is 0. The number of hydrogen-bond donors (Lipinski definition) is 0. The quantitative estimate of drug-likeness (QED) is 0.578. The molecule has 1 saturated heterocycles. The van der Waals surface area contributed by atoms with E-state index < -0.39 is 0 Å². The van der Waals surface area contributed by atoms with Gasteiger partial charge in [-0.1, -0.05) is 55.8 Å². The topological polar surface area (TPSA) is 53.1 Å². The molecule has 0 bridgehead atoms. The van der Waals surface area contributed by atoms with E-state index in [4.69, 9.17) is 4.74 Å². The van der Waals surface area contributed by atoms with E-state index in [9.17, 15) is 9.59 Å². The molecule has 2 aromatic rings. The second kappa shape index (κ2) is 10.2. The highest BCUT2D eigenvalue weighted by Gasteiger charge is 2.42. The molecule has 0 aliphatic carbocycles. The number of ether oxygens (including phenoxy) is 1. The number of aryl methyl sites for hydroxylation is 1. The molecule has 2 amide bonds. The molecule has 6 nitrogen and oxygen atoms in total. The number of nitrogens with zero attached hydrogens (tertiary/aromatic N) is 3. The summed E-state index contributed by atoms with van der Waals surface area (Å²) >= 11 is 0. The zero-order valence-electron chi connectivity index (χ0n) is 19.8. The predicted molar refractivity (Wildman–Crippen MR) is 130 cm³/mol. The Labute approximate surface area is 196 Å². The van der Waals surface area contributed by atoms with Crippen LogP contribution in [0.25, 0.3) is 5.57 Å². The fourth-order valence-corrected chi connectivity index (χ4v) is 4.36. The van der Waals surface area contributed by atoms with Crippen LogP contribution < -0.4 is 4.74 Å². The standard InChI is InChI=1S/C27H33N3O3/c1-4-18-33-23-12-10-22(11-13-23)24-25(29-16-14-28(5-2)15-17-29)27(32)30(26(24)31)19-21-8-6-20(3)7-9-21/h6-13H,4-5,14-19H2,1-3H3. The Morgan fingerprint density at radius 3 is 2.12 bits per heavy atom. The zero-order valence-corrected chi connectivity index (χ0v) is 19.8. The van der Waals surface area contributed by atoms with Gasteiger partial charge in [-0.3, -0.25) is 14.5 Å². The van der Waals surface area contributed by atoms with Crippen molar-refractivity contribution in [1.29, 1.82) is 0 Å². The maximum atomic E-state index is 13.6. The van der Waals surface area contributed by atoms with Gasteiger partial charge in [-0.15, -0.1) is 0 Å². The Morgan fingerprint density at radius 2 is 1.52 bits per heavy atom. The predicted octanol–water partition coefficient (Wildman–Crippen LogP) is 3.70. The first-order chi connectivity index (χ1) is 16.0. The van der Waals surface area contributed by atoms with Gasteiger partial charge in [-0.05, 0) is 43.1 Å². The van der Waals surface area contributed by atoms with Crippen LogP contribution in [-0.4, -0.2) is 65.8 Å². The first kappa shape index (κ1) is 23.1. The van der Waals surface area contributed by atoms with Crippen LogP contribution in [0, 0.1) is 6.92 Å². The fraction of sp³-hybridized carbons (Fsp3) is 0.407. The van der Waals surface area contributed by atoms with Crippen LogP contribution in [0.5, 0.6) is 5.75 Å². The molecule has 0 unspecified atom stereocenters. The highest BCUT2D eigenvalue weighted by Crippen LogP contribution is 2.34. The van der Waals surface area contributed by atoms with Crippen LogP contribution in [0.1, 0.15) is 37.0 Å². The lowest BCUT2D eigenvalue weighted by molar-refractivity contribution is -0.138. The minimum atomic E-state index is -0.226. The van der Waals surface area contributed by atoms with Crippen molar-refractivity contribution in [3.8, 4) is 5.75 Å². The summed E-state index contributed by atoms with van der Waals surface area (Å²) < 4.78 is 5.70. The van der Waals surface area contributed by atoms with E-state index in [0.717, 1.165) is 61.6 Å². The minimum absolute atomic E-state index is 0.202. The Hall–Kier alpha value is -3.12. The Bertz CT molecular complexity index is 1020. The smallest absolute Gasteiger partial charge is 0.278 e. The molecule has 0 aromatic heterocycles. The lowest BCUT2D eigenvalue weighted by atomic mass is 10.0. The molecule has 0 saturated carbocycles. The molecule has 2 aliphatic heterocycles. The van der Waals surface area contributed by atoms with Gasteiger partial charge >= 0.3 is 0 Å². The second-order valence-corrected chi connectivity index (χ2v) is 8.70. The number of rotatable bonds is 8. The lowest BCUT2D eigenvalue weighted by Gasteiger charge is -2.36. The normalized spacial score (nSPS) is 17.3. The Balaban J connectivity index is 1.66. The zero-order chi connectivity index (χ0) is 23.4. The highest BCUT2D eigenvalue weighted by atomic mass is 16.5. The molecule has 0 atom stereocenters. The molecule has 2 aromatic carbocycles. The summed E-state index contributed by atoms with van der Waals surface area (Å²) in [7, 11) is 0. The molecule has 1 fully saturated rings. The number of hydrogen-bond acceptors (Lipinski definition) is 5. The third-order valence-electron chi connectivity index (χ3n) is 6.36. The SMILES string of the molecule is CCCOc1ccc(C2=C(N3CCN(CC)CC3)C(=O)N(Cc3ccc(C)cc3)C2=O)cc1. The van der Waals surface area contributed by atoms with Crippen LogP contribution >= 0.6 is 0 Å². The molecule has 2 heterocycles. The number of amides is 2. The van der Waals surface area contributed by atoms with Gasteiger partial charge in [0.25, 0.3) is 11.8 Å². The van der Waals surface area contributed by atoms with Crippen molar-refractivity contribution in [2.45, 2.75) is 33.7 Å². The van der Waals surface area contributed by atoms with E-state index >= 15 is 0 Å². The maximum Gasteiger partial charge on any atom is 0.278 e. The molecule has 174 valence electrons. The molecule has 0 spiro atoms. The molecule has 4 rings (SSSR count). The summed E-state index contributed by atoms with van der Waals surface area (Å²) in [6.45, 7) is 11.4. The molecule has 2 aliphatic rings. The average Bonchev–Trinajstić information content (AvgIpc) is 3.09. The van der Waals surface area contributed by atoms with Crippen molar-refractivity contribution in [2.75, 3.05) is 39.3 Å². The van der Waals surface area contributed by atoms with Crippen molar-refractivity contribution in [3.05, 3.63) is 70.9 Å². The summed E-state index contributed by atoms with van der Waals surface area (Å²) in [6.07, 6.45) is 0.932. The third-order valence-corrected chi connectivity index (χ3v) is 6.36. The number of imide groups is 1. The molecule has 33 heavy (non-hydrogen) atoms. The maximum absolute atomic E-state index is 13.6. The summed E-state index contributed by atoms with van der Waals surface area (Å²) in [4.78, 5) is 33.0. The molecule has 0 radical (unpaired) electrons. The average molecular weight is 448 g/mol. The minimum Gasteiger partial charge on any atom is -0.494 e. The van der Waals surface area contributed by atoms with E-state index in [1.54, 1.807) is 0 Å². The van der Waals surface area contributed by atoms with Gasteiger partial charge in [0.2, 0.25) is 0 Å². The first-order valence-electron chi connectivity index (χ1n) is 11.9. The van der Waals surface area contributed by atoms with Gasteiger partial charge in [0.15, 0.2) is 0 Å². The molecular weight excluding hydrogens is 414 g/mol. The molecule has 6 heteroatoms. The second-order valence-electron chi connectivity index (χ2n) is 8.70. The Kier molecular flexibility index (Phi) is 7.14. The van der Waals surface area contributed by atoms with Crippen LogP contribution in [0.4, 0.5) is 0 Å².